The normalized spacial score (nSPS) is 10.0. The predicted molar refractivity (Wildman–Crippen MR) is 47.8 cm³/mol. The summed E-state index contributed by atoms with van der Waals surface area (Å²) < 4.78 is 0. The van der Waals surface area contributed by atoms with Gasteiger partial charge in [0.15, 0.2) is 5.82 Å². The molecule has 0 saturated carbocycles. The fraction of sp³-hybridized carbons (Fsp3) is 0. The van der Waals surface area contributed by atoms with E-state index in [1.54, 1.807) is 0 Å². The number of benzene rings is 1. The van der Waals surface area contributed by atoms with Crippen molar-refractivity contribution in [1.82, 2.24) is 20.6 Å². The van der Waals surface area contributed by atoms with E-state index in [1.165, 1.54) is 0 Å². The highest BCUT2D eigenvalue weighted by Crippen LogP contribution is 2.07. The molecule has 1 heterocycles. The average molecular weight is 158 g/mol. The van der Waals surface area contributed by atoms with Crippen molar-refractivity contribution in [3.63, 3.8) is 0 Å². The van der Waals surface area contributed by atoms with E-state index in [-0.39, 0.29) is 0 Å². The van der Waals surface area contributed by atoms with Crippen LogP contribution >= 0.6 is 0 Å². The Morgan fingerprint density at radius 3 is 2.75 bits per heavy atom. The van der Waals surface area contributed by atoms with Crippen molar-refractivity contribution in [3.05, 3.63) is 24.3 Å². The van der Waals surface area contributed by atoms with Gasteiger partial charge in [0.25, 0.3) is 0 Å². The molecule has 5 heteroatoms. The lowest BCUT2D eigenvalue weighted by atomic mass is 9.90. The van der Waals surface area contributed by atoms with Gasteiger partial charge in [-0.25, -0.2) is 5.10 Å². The Morgan fingerprint density at radius 1 is 1.25 bits per heavy atom. The van der Waals surface area contributed by atoms with E-state index in [0.717, 1.165) is 11.0 Å². The van der Waals surface area contributed by atoms with E-state index >= 15 is 0 Å². The standard InChI is InChI=1S/C7H7BN4/c8-6-4-2-1-3-5(6)7-9-11-12-10-7/h1-4H,8H2,(H,9,10,11,12). The van der Waals surface area contributed by atoms with Crippen molar-refractivity contribution < 1.29 is 0 Å². The fourth-order valence-electron chi connectivity index (χ4n) is 1.11. The molecule has 0 radical (unpaired) electrons. The summed E-state index contributed by atoms with van der Waals surface area (Å²) in [4.78, 5) is 0. The van der Waals surface area contributed by atoms with Crippen LogP contribution < -0.4 is 5.46 Å². The van der Waals surface area contributed by atoms with Gasteiger partial charge in [0.05, 0.1) is 0 Å². The zero-order chi connectivity index (χ0) is 8.39. The number of hydrogen-bond acceptors (Lipinski definition) is 3. The van der Waals surface area contributed by atoms with E-state index in [4.69, 9.17) is 0 Å². The van der Waals surface area contributed by atoms with Crippen molar-refractivity contribution in [2.45, 2.75) is 0 Å². The summed E-state index contributed by atoms with van der Waals surface area (Å²) in [5, 5.41) is 13.6. The van der Waals surface area contributed by atoms with Crippen LogP contribution in [0.5, 0.6) is 0 Å². The van der Waals surface area contributed by atoms with E-state index < -0.39 is 0 Å². The van der Waals surface area contributed by atoms with Gasteiger partial charge in [-0.15, -0.1) is 5.10 Å². The molecule has 1 aromatic carbocycles. The van der Waals surface area contributed by atoms with Crippen LogP contribution in [0.4, 0.5) is 0 Å². The molecule has 1 aromatic heterocycles. The summed E-state index contributed by atoms with van der Waals surface area (Å²) in [5.41, 5.74) is 2.21. The topological polar surface area (TPSA) is 54.5 Å². The number of rotatable bonds is 1. The molecule has 2 aromatic rings. The molecule has 2 rings (SSSR count). The quantitative estimate of drug-likeness (QED) is 0.548. The molecule has 4 nitrogen and oxygen atoms in total. The Morgan fingerprint density at radius 2 is 2.08 bits per heavy atom. The summed E-state index contributed by atoms with van der Waals surface area (Å²) in [6.45, 7) is 0. The number of aromatic amines is 1. The first-order chi connectivity index (χ1) is 5.88. The third kappa shape index (κ3) is 1.09. The Bertz CT molecular complexity index is 371. The highest BCUT2D eigenvalue weighted by molar-refractivity contribution is 6.35. The smallest absolute Gasteiger partial charge is 0.178 e. The number of hydrogen-bond donors (Lipinski definition) is 1. The van der Waals surface area contributed by atoms with Gasteiger partial charge in [-0.1, -0.05) is 29.7 Å². The minimum absolute atomic E-state index is 0.716. The van der Waals surface area contributed by atoms with Crippen LogP contribution in [0.1, 0.15) is 0 Å². The number of tetrazole rings is 1. The summed E-state index contributed by atoms with van der Waals surface area (Å²) in [6, 6.07) is 7.96. The van der Waals surface area contributed by atoms with Gasteiger partial charge in [-0.2, -0.15) is 0 Å². The van der Waals surface area contributed by atoms with Crippen LogP contribution in [-0.4, -0.2) is 28.5 Å². The molecule has 0 saturated heterocycles. The maximum absolute atomic E-state index is 3.83. The van der Waals surface area contributed by atoms with Crippen LogP contribution in [0.2, 0.25) is 0 Å². The first-order valence-electron chi connectivity index (χ1n) is 3.67. The first kappa shape index (κ1) is 7.03. The molecule has 58 valence electrons. The molecule has 0 fully saturated rings. The highest BCUT2D eigenvalue weighted by atomic mass is 15.5. The highest BCUT2D eigenvalue weighted by Gasteiger charge is 2.02. The van der Waals surface area contributed by atoms with Crippen molar-refractivity contribution >= 4 is 13.3 Å². The maximum Gasteiger partial charge on any atom is 0.178 e. The van der Waals surface area contributed by atoms with Crippen LogP contribution in [-0.2, 0) is 0 Å². The zero-order valence-corrected chi connectivity index (χ0v) is 6.65. The van der Waals surface area contributed by atoms with Gasteiger partial charge in [-0.3, -0.25) is 0 Å². The molecule has 0 aliphatic heterocycles. The molecule has 12 heavy (non-hydrogen) atoms. The summed E-state index contributed by atoms with van der Waals surface area (Å²) in [5.74, 6) is 0.716. The van der Waals surface area contributed by atoms with Gasteiger partial charge in [0, 0.05) is 5.56 Å². The molecule has 0 aliphatic carbocycles. The monoisotopic (exact) mass is 158 g/mol. The molecule has 0 aliphatic rings. The first-order valence-corrected chi connectivity index (χ1v) is 3.67. The fourth-order valence-corrected chi connectivity index (χ4v) is 1.11. The van der Waals surface area contributed by atoms with Crippen LogP contribution in [0.3, 0.4) is 0 Å². The second-order valence-corrected chi connectivity index (χ2v) is 2.56. The summed E-state index contributed by atoms with van der Waals surface area (Å²) in [6.07, 6.45) is 0. The zero-order valence-electron chi connectivity index (χ0n) is 6.65. The van der Waals surface area contributed by atoms with Gasteiger partial charge in [-0.05, 0) is 10.4 Å². The van der Waals surface area contributed by atoms with Gasteiger partial charge >= 0.3 is 0 Å². The predicted octanol–water partition coefficient (Wildman–Crippen LogP) is -0.875. The number of nitrogens with one attached hydrogen (secondary N) is 1. The van der Waals surface area contributed by atoms with Crippen molar-refractivity contribution in [1.29, 1.82) is 0 Å². The molecule has 0 bridgehead atoms. The average Bonchev–Trinajstić information content (AvgIpc) is 2.57. The van der Waals surface area contributed by atoms with Gasteiger partial charge < -0.3 is 0 Å². The Hall–Kier alpha value is -1.65. The number of nitrogens with zero attached hydrogens (tertiary/aromatic N) is 3. The molecule has 0 spiro atoms. The second-order valence-electron chi connectivity index (χ2n) is 2.56. The Balaban J connectivity index is 2.55. The third-order valence-corrected chi connectivity index (χ3v) is 1.75. The van der Waals surface area contributed by atoms with E-state index in [2.05, 4.69) is 20.6 Å². The maximum atomic E-state index is 3.83. The minimum atomic E-state index is 0.716. The lowest BCUT2D eigenvalue weighted by Gasteiger charge is -1.98. The number of H-pyrrole nitrogens is 1. The van der Waals surface area contributed by atoms with Crippen LogP contribution in [0.15, 0.2) is 24.3 Å². The molecule has 0 amide bonds. The van der Waals surface area contributed by atoms with E-state index in [1.807, 2.05) is 32.1 Å². The number of aromatic nitrogens is 4. The molecule has 0 atom stereocenters. The van der Waals surface area contributed by atoms with Gasteiger partial charge in [0.1, 0.15) is 7.85 Å². The molecule has 0 unspecified atom stereocenters. The molecular formula is C7H7BN4. The van der Waals surface area contributed by atoms with Crippen molar-refractivity contribution in [3.8, 4) is 11.4 Å². The molecule has 1 N–H and O–H groups in total. The van der Waals surface area contributed by atoms with Gasteiger partial charge in [0.2, 0.25) is 0 Å². The second kappa shape index (κ2) is 2.77. The van der Waals surface area contributed by atoms with Crippen LogP contribution in [0.25, 0.3) is 11.4 Å². The minimum Gasteiger partial charge on any atom is -0.239 e. The lowest BCUT2D eigenvalue weighted by Crippen LogP contribution is -2.06. The van der Waals surface area contributed by atoms with E-state index in [0.29, 0.717) is 5.82 Å². The van der Waals surface area contributed by atoms with E-state index in [9.17, 15) is 0 Å². The Kier molecular flexibility index (Phi) is 1.62. The SMILES string of the molecule is Bc1ccccc1-c1nnn[nH]1. The van der Waals surface area contributed by atoms with Crippen LogP contribution in [0, 0.1) is 0 Å². The third-order valence-electron chi connectivity index (χ3n) is 1.75. The Labute approximate surface area is 70.4 Å². The summed E-state index contributed by atoms with van der Waals surface area (Å²) in [7, 11) is 2.03. The van der Waals surface area contributed by atoms with Crippen molar-refractivity contribution in [2.24, 2.45) is 0 Å². The summed E-state index contributed by atoms with van der Waals surface area (Å²) >= 11 is 0. The van der Waals surface area contributed by atoms with Crippen molar-refractivity contribution in [2.75, 3.05) is 0 Å². The lowest BCUT2D eigenvalue weighted by molar-refractivity contribution is 0.881. The largest absolute Gasteiger partial charge is 0.239 e. The molecular weight excluding hydrogens is 151 g/mol.